The minimum Gasteiger partial charge on any atom is -0.352 e. The maximum Gasteiger partial charge on any atom is 0.258 e. The Kier molecular flexibility index (Phi) is 7.12. The van der Waals surface area contributed by atoms with Crippen LogP contribution in [-0.2, 0) is 4.79 Å². The van der Waals surface area contributed by atoms with Gasteiger partial charge in [-0.3, -0.25) is 9.59 Å². The molecule has 0 saturated carbocycles. The van der Waals surface area contributed by atoms with Gasteiger partial charge in [-0.25, -0.2) is 4.98 Å². The van der Waals surface area contributed by atoms with E-state index >= 15 is 0 Å². The molecule has 2 fully saturated rings. The van der Waals surface area contributed by atoms with E-state index in [2.05, 4.69) is 25.9 Å². The Morgan fingerprint density at radius 1 is 1.03 bits per heavy atom. The number of hydrogen-bond acceptors (Lipinski definition) is 7. The van der Waals surface area contributed by atoms with Crippen LogP contribution < -0.4 is 4.90 Å². The number of thioether (sulfide) groups is 2. The van der Waals surface area contributed by atoms with Crippen LogP contribution in [0.5, 0.6) is 0 Å². The zero-order valence-electron chi connectivity index (χ0n) is 18.5. The van der Waals surface area contributed by atoms with Gasteiger partial charge < -0.3 is 14.7 Å². The van der Waals surface area contributed by atoms with Crippen LogP contribution in [0.2, 0.25) is 5.02 Å². The predicted octanol–water partition coefficient (Wildman–Crippen LogP) is 3.72. The van der Waals surface area contributed by atoms with E-state index in [4.69, 9.17) is 11.6 Å². The van der Waals surface area contributed by atoms with Crippen LogP contribution in [0, 0.1) is 0 Å². The number of benzene rings is 1. The van der Waals surface area contributed by atoms with Crippen molar-refractivity contribution in [1.29, 1.82) is 0 Å². The molecule has 0 aliphatic carbocycles. The maximum atomic E-state index is 13.1. The van der Waals surface area contributed by atoms with Gasteiger partial charge in [0.25, 0.3) is 11.8 Å². The molecule has 2 aromatic rings. The molecule has 2 saturated heterocycles. The second-order valence-electron chi connectivity index (χ2n) is 8.13. The lowest BCUT2D eigenvalue weighted by atomic mass is 10.1. The Morgan fingerprint density at radius 2 is 1.82 bits per heavy atom. The minimum atomic E-state index is -0.0654. The summed E-state index contributed by atoms with van der Waals surface area (Å²) in [7, 11) is 0. The molecule has 5 rings (SSSR count). The van der Waals surface area contributed by atoms with Crippen LogP contribution in [0.4, 0.5) is 5.82 Å². The minimum absolute atomic E-state index is 0.0380. The van der Waals surface area contributed by atoms with Gasteiger partial charge in [-0.05, 0) is 35.9 Å². The number of carbonyl (C=O) groups is 2. The van der Waals surface area contributed by atoms with Crippen LogP contribution >= 0.6 is 35.1 Å². The number of pyridine rings is 1. The summed E-state index contributed by atoms with van der Waals surface area (Å²) >= 11 is 9.65. The number of rotatable bonds is 3. The van der Waals surface area contributed by atoms with E-state index in [9.17, 15) is 9.59 Å². The van der Waals surface area contributed by atoms with E-state index in [1.165, 1.54) is 11.8 Å². The van der Waals surface area contributed by atoms with Crippen LogP contribution in [0.1, 0.15) is 15.9 Å². The molecule has 0 unspecified atom stereocenters. The summed E-state index contributed by atoms with van der Waals surface area (Å²) in [5.41, 5.74) is 2.85. The van der Waals surface area contributed by atoms with E-state index in [0.717, 1.165) is 40.3 Å². The van der Waals surface area contributed by atoms with Crippen molar-refractivity contribution in [3.63, 3.8) is 0 Å². The Balaban J connectivity index is 1.23. The summed E-state index contributed by atoms with van der Waals surface area (Å²) < 4.78 is 0. The Labute approximate surface area is 212 Å². The average molecular weight is 514 g/mol. The summed E-state index contributed by atoms with van der Waals surface area (Å²) in [6.45, 7) is 3.50. The molecule has 0 N–H and O–H groups in total. The first-order chi connectivity index (χ1) is 16.6. The molecule has 7 nitrogen and oxygen atoms in total. The molecule has 0 atom stereocenters. The molecule has 34 heavy (non-hydrogen) atoms. The van der Waals surface area contributed by atoms with Crippen molar-refractivity contribution in [2.45, 2.75) is 0 Å². The quantitative estimate of drug-likeness (QED) is 0.619. The van der Waals surface area contributed by atoms with Crippen molar-refractivity contribution < 1.29 is 9.59 Å². The third-order valence-electron chi connectivity index (χ3n) is 5.93. The lowest BCUT2D eigenvalue weighted by molar-refractivity contribution is -0.115. The van der Waals surface area contributed by atoms with Gasteiger partial charge in [-0.2, -0.15) is 16.8 Å². The summed E-state index contributed by atoms with van der Waals surface area (Å²) in [5, 5.41) is 1.43. The van der Waals surface area contributed by atoms with Crippen LogP contribution in [0.15, 0.2) is 53.3 Å². The SMILES string of the molecule is O=C1CSC(N2CCSC/C2=C\c2ccc(C(=O)N3CCN(c4ncccc4Cl)CC3)cc2)=N1. The number of piperazine rings is 1. The Bertz CT molecular complexity index is 1150. The molecule has 2 amide bonds. The summed E-state index contributed by atoms with van der Waals surface area (Å²) in [6.07, 6.45) is 3.86. The maximum absolute atomic E-state index is 13.1. The first kappa shape index (κ1) is 23.3. The first-order valence-electron chi connectivity index (χ1n) is 11.1. The van der Waals surface area contributed by atoms with Gasteiger partial charge in [0.15, 0.2) is 5.17 Å². The van der Waals surface area contributed by atoms with Crippen molar-refractivity contribution in [3.8, 4) is 0 Å². The average Bonchev–Trinajstić information content (AvgIpc) is 3.31. The molecule has 1 aromatic carbocycles. The molecule has 3 aliphatic rings. The molecule has 4 heterocycles. The van der Waals surface area contributed by atoms with E-state index in [1.54, 1.807) is 6.20 Å². The zero-order chi connectivity index (χ0) is 23.5. The van der Waals surface area contributed by atoms with Crippen LogP contribution in [-0.4, -0.2) is 81.7 Å². The number of carbonyl (C=O) groups excluding carboxylic acids is 2. The third-order valence-corrected chi connectivity index (χ3v) is 8.16. The predicted molar refractivity (Wildman–Crippen MR) is 141 cm³/mol. The topological polar surface area (TPSA) is 69.1 Å². The van der Waals surface area contributed by atoms with E-state index in [-0.39, 0.29) is 11.8 Å². The standard InChI is InChI=1S/C24H24ClN5O2S2/c25-20-2-1-7-26-22(20)28-8-10-29(11-9-28)23(32)18-5-3-17(4-6-18)14-19-15-33-13-12-30(19)24-27-21(31)16-34-24/h1-7,14H,8-13,15-16H2/b19-14+. The summed E-state index contributed by atoms with van der Waals surface area (Å²) in [4.78, 5) is 39.4. The van der Waals surface area contributed by atoms with Crippen molar-refractivity contribution in [1.82, 2.24) is 14.8 Å². The fraction of sp³-hybridized carbons (Fsp3) is 0.333. The first-order valence-corrected chi connectivity index (χ1v) is 13.7. The number of halogens is 1. The number of amides is 2. The van der Waals surface area contributed by atoms with Gasteiger partial charge in [0.05, 0.1) is 10.8 Å². The Hall–Kier alpha value is -2.49. The number of amidine groups is 1. The highest BCUT2D eigenvalue weighted by Crippen LogP contribution is 2.28. The van der Waals surface area contributed by atoms with Crippen molar-refractivity contribution in [2.24, 2.45) is 4.99 Å². The number of anilines is 1. The van der Waals surface area contributed by atoms with Crippen molar-refractivity contribution in [2.75, 3.05) is 54.9 Å². The second kappa shape index (κ2) is 10.4. The van der Waals surface area contributed by atoms with Crippen LogP contribution in [0.3, 0.4) is 0 Å². The number of aromatic nitrogens is 1. The molecule has 0 radical (unpaired) electrons. The van der Waals surface area contributed by atoms with Crippen molar-refractivity contribution in [3.05, 3.63) is 64.4 Å². The second-order valence-corrected chi connectivity index (χ2v) is 10.6. The number of hydrogen-bond donors (Lipinski definition) is 0. The van der Waals surface area contributed by atoms with Crippen LogP contribution in [0.25, 0.3) is 6.08 Å². The van der Waals surface area contributed by atoms with Gasteiger partial charge in [0, 0.05) is 61.7 Å². The lowest BCUT2D eigenvalue weighted by Gasteiger charge is -2.35. The lowest BCUT2D eigenvalue weighted by Crippen LogP contribution is -2.49. The Morgan fingerprint density at radius 3 is 2.53 bits per heavy atom. The fourth-order valence-corrected chi connectivity index (χ4v) is 6.15. The van der Waals surface area contributed by atoms with E-state index < -0.39 is 0 Å². The molecular weight excluding hydrogens is 490 g/mol. The number of aliphatic imine (C=N–C) groups is 1. The third kappa shape index (κ3) is 5.11. The summed E-state index contributed by atoms with van der Waals surface area (Å²) in [5.74, 6) is 3.05. The molecule has 10 heteroatoms. The van der Waals surface area contributed by atoms with E-state index in [1.807, 2.05) is 53.1 Å². The van der Waals surface area contributed by atoms with Gasteiger partial charge in [0.1, 0.15) is 5.82 Å². The highest BCUT2D eigenvalue weighted by atomic mass is 35.5. The highest BCUT2D eigenvalue weighted by molar-refractivity contribution is 8.14. The largest absolute Gasteiger partial charge is 0.352 e. The van der Waals surface area contributed by atoms with E-state index in [0.29, 0.717) is 42.5 Å². The normalized spacial score (nSPS) is 20.1. The smallest absolute Gasteiger partial charge is 0.258 e. The summed E-state index contributed by atoms with van der Waals surface area (Å²) in [6, 6.07) is 11.4. The fourth-order valence-electron chi connectivity index (χ4n) is 4.16. The number of nitrogens with zero attached hydrogens (tertiary/aromatic N) is 5. The molecule has 0 bridgehead atoms. The van der Waals surface area contributed by atoms with Gasteiger partial charge >= 0.3 is 0 Å². The van der Waals surface area contributed by atoms with Gasteiger partial charge in [-0.1, -0.05) is 35.5 Å². The van der Waals surface area contributed by atoms with Gasteiger partial charge in [0.2, 0.25) is 0 Å². The molecule has 0 spiro atoms. The van der Waals surface area contributed by atoms with Crippen molar-refractivity contribution >= 4 is 64.0 Å². The monoisotopic (exact) mass is 513 g/mol. The zero-order valence-corrected chi connectivity index (χ0v) is 20.9. The molecule has 176 valence electrons. The highest BCUT2D eigenvalue weighted by Gasteiger charge is 2.26. The van der Waals surface area contributed by atoms with Gasteiger partial charge in [-0.15, -0.1) is 0 Å². The molecular formula is C24H24ClN5O2S2. The molecule has 3 aliphatic heterocycles. The molecule has 1 aromatic heterocycles.